The number of rotatable bonds is 6. The van der Waals surface area contributed by atoms with E-state index in [1.807, 2.05) is 6.92 Å². The van der Waals surface area contributed by atoms with E-state index in [2.05, 4.69) is 21.1 Å². The van der Waals surface area contributed by atoms with Gasteiger partial charge in [-0.05, 0) is 34.1 Å². The van der Waals surface area contributed by atoms with Gasteiger partial charge in [0.25, 0.3) is 0 Å². The van der Waals surface area contributed by atoms with Gasteiger partial charge in [0.15, 0.2) is 0 Å². The minimum absolute atomic E-state index is 0. The van der Waals surface area contributed by atoms with Crippen LogP contribution in [0.4, 0.5) is 4.79 Å². The molecule has 0 saturated heterocycles. The van der Waals surface area contributed by atoms with Gasteiger partial charge < -0.3 is 18.9 Å². The van der Waals surface area contributed by atoms with Crippen molar-refractivity contribution in [3.8, 4) is 0 Å². The van der Waals surface area contributed by atoms with Crippen molar-refractivity contribution >= 4 is 18.1 Å². The minimum atomic E-state index is -0.588. The zero-order chi connectivity index (χ0) is 18.7. The summed E-state index contributed by atoms with van der Waals surface area (Å²) in [5.41, 5.74) is 0. The summed E-state index contributed by atoms with van der Waals surface area (Å²) in [7, 11) is 0. The van der Waals surface area contributed by atoms with Crippen molar-refractivity contribution in [2.75, 3.05) is 19.8 Å². The zero-order valence-corrected chi connectivity index (χ0v) is 15.5. The van der Waals surface area contributed by atoms with E-state index < -0.39 is 6.16 Å². The molecular formula is C17H36O7. The van der Waals surface area contributed by atoms with E-state index in [9.17, 15) is 14.4 Å². The summed E-state index contributed by atoms with van der Waals surface area (Å²) in [6.45, 7) is 13.3. The van der Waals surface area contributed by atoms with E-state index in [-0.39, 0.29) is 25.5 Å². The zero-order valence-electron chi connectivity index (χ0n) is 15.5. The summed E-state index contributed by atoms with van der Waals surface area (Å²) < 4.78 is 18.1. The Labute approximate surface area is 147 Å². The second kappa shape index (κ2) is 23.5. The maximum absolute atomic E-state index is 10.3. The molecule has 0 aromatic heterocycles. The van der Waals surface area contributed by atoms with Gasteiger partial charge in [-0.1, -0.05) is 20.8 Å². The number of carbonyl (C=O) groups excluding carboxylic acids is 3. The van der Waals surface area contributed by atoms with E-state index in [1.54, 1.807) is 20.8 Å². The third kappa shape index (κ3) is 36.9. The molecule has 0 spiro atoms. The van der Waals surface area contributed by atoms with Crippen molar-refractivity contribution in [1.29, 1.82) is 0 Å². The van der Waals surface area contributed by atoms with Crippen LogP contribution in [0.1, 0.15) is 68.7 Å². The monoisotopic (exact) mass is 352 g/mol. The molecule has 0 amide bonds. The normalized spacial score (nSPS) is 9.46. The van der Waals surface area contributed by atoms with Crippen LogP contribution in [0.3, 0.4) is 0 Å². The summed E-state index contributed by atoms with van der Waals surface area (Å²) in [4.78, 5) is 30.3. The predicted octanol–water partition coefficient (Wildman–Crippen LogP) is 4.12. The maximum Gasteiger partial charge on any atom is 0.508 e. The van der Waals surface area contributed by atoms with Gasteiger partial charge in [0.05, 0.1) is 25.9 Å². The second-order valence-corrected chi connectivity index (χ2v) is 4.25. The molecule has 146 valence electrons. The Morgan fingerprint density at radius 3 is 1.42 bits per heavy atom. The Hall–Kier alpha value is -1.79. The van der Waals surface area contributed by atoms with E-state index in [4.69, 9.17) is 4.74 Å². The first-order valence-corrected chi connectivity index (χ1v) is 7.84. The summed E-state index contributed by atoms with van der Waals surface area (Å²) >= 11 is 0. The fourth-order valence-electron chi connectivity index (χ4n) is 1.23. The standard InChI is InChI=1S/C7H14O2.C5H10O3.C4H8O2.CH4/c1-4-5-6(2)9-7(3)8;1-3-7-5(6)8-4-2;1-3-6-4(2)5;/h6H,4-5H2,1-3H3;3-4H2,1-2H3;3H2,1-2H3;1H4. The molecule has 0 bridgehead atoms. The van der Waals surface area contributed by atoms with Crippen molar-refractivity contribution in [3.63, 3.8) is 0 Å². The van der Waals surface area contributed by atoms with Crippen molar-refractivity contribution in [3.05, 3.63) is 0 Å². The molecule has 7 heteroatoms. The molecule has 0 aromatic rings. The number of carbonyl (C=O) groups is 3. The molecule has 24 heavy (non-hydrogen) atoms. The van der Waals surface area contributed by atoms with Crippen LogP contribution in [0.25, 0.3) is 0 Å². The molecule has 0 radical (unpaired) electrons. The first-order valence-electron chi connectivity index (χ1n) is 7.84. The summed E-state index contributed by atoms with van der Waals surface area (Å²) in [5.74, 6) is -0.395. The molecule has 0 fully saturated rings. The van der Waals surface area contributed by atoms with Crippen LogP contribution in [0, 0.1) is 0 Å². The van der Waals surface area contributed by atoms with Gasteiger partial charge in [-0.15, -0.1) is 0 Å². The van der Waals surface area contributed by atoms with Gasteiger partial charge in [0.1, 0.15) is 0 Å². The fourth-order valence-corrected chi connectivity index (χ4v) is 1.23. The lowest BCUT2D eigenvalue weighted by Gasteiger charge is -2.08. The molecule has 0 aromatic carbocycles. The van der Waals surface area contributed by atoms with Crippen molar-refractivity contribution in [2.24, 2.45) is 0 Å². The van der Waals surface area contributed by atoms with Crippen molar-refractivity contribution in [2.45, 2.75) is 74.8 Å². The largest absolute Gasteiger partial charge is 0.508 e. The third-order valence-electron chi connectivity index (χ3n) is 1.93. The van der Waals surface area contributed by atoms with Crippen molar-refractivity contribution in [1.82, 2.24) is 0 Å². The Balaban J connectivity index is -0.000000125. The van der Waals surface area contributed by atoms with Gasteiger partial charge >= 0.3 is 18.1 Å². The van der Waals surface area contributed by atoms with Crippen LogP contribution >= 0.6 is 0 Å². The van der Waals surface area contributed by atoms with E-state index >= 15 is 0 Å². The maximum atomic E-state index is 10.3. The van der Waals surface area contributed by atoms with Gasteiger partial charge in [0.2, 0.25) is 0 Å². The lowest BCUT2D eigenvalue weighted by Crippen LogP contribution is -2.11. The molecule has 0 N–H and O–H groups in total. The van der Waals surface area contributed by atoms with Crippen molar-refractivity contribution < 1.29 is 33.3 Å². The van der Waals surface area contributed by atoms with Crippen LogP contribution in [-0.2, 0) is 28.5 Å². The number of hydrogen-bond donors (Lipinski definition) is 0. The average molecular weight is 352 g/mol. The van der Waals surface area contributed by atoms with Crippen LogP contribution in [-0.4, -0.2) is 44.0 Å². The van der Waals surface area contributed by atoms with E-state index in [0.717, 1.165) is 12.8 Å². The Kier molecular flexibility index (Phi) is 29.5. The molecule has 0 aliphatic heterocycles. The van der Waals surface area contributed by atoms with Crippen LogP contribution in [0.5, 0.6) is 0 Å². The molecule has 0 aliphatic rings. The Morgan fingerprint density at radius 1 is 0.792 bits per heavy atom. The third-order valence-corrected chi connectivity index (χ3v) is 1.93. The van der Waals surface area contributed by atoms with E-state index in [0.29, 0.717) is 19.8 Å². The van der Waals surface area contributed by atoms with E-state index in [1.165, 1.54) is 13.8 Å². The highest BCUT2D eigenvalue weighted by molar-refractivity contribution is 5.66. The smallest absolute Gasteiger partial charge is 0.466 e. The fraction of sp³-hybridized carbons (Fsp3) is 0.824. The van der Waals surface area contributed by atoms with Gasteiger partial charge in [-0.3, -0.25) is 9.59 Å². The molecule has 0 heterocycles. The SMILES string of the molecule is C.CCCC(C)OC(C)=O.CCOC(=O)OCC.CCOC(C)=O. The lowest BCUT2D eigenvalue weighted by molar-refractivity contribution is -0.145. The molecule has 0 rings (SSSR count). The Bertz CT molecular complexity index is 295. The van der Waals surface area contributed by atoms with Gasteiger partial charge in [-0.25, -0.2) is 4.79 Å². The molecule has 1 atom stereocenters. The summed E-state index contributed by atoms with van der Waals surface area (Å²) in [6.07, 6.45) is 1.52. The molecular weight excluding hydrogens is 316 g/mol. The molecule has 1 unspecified atom stereocenters. The number of esters is 2. The minimum Gasteiger partial charge on any atom is -0.466 e. The number of hydrogen-bond acceptors (Lipinski definition) is 7. The highest BCUT2D eigenvalue weighted by atomic mass is 16.7. The summed E-state index contributed by atoms with van der Waals surface area (Å²) in [5, 5.41) is 0. The Morgan fingerprint density at radius 2 is 1.21 bits per heavy atom. The van der Waals surface area contributed by atoms with Crippen LogP contribution < -0.4 is 0 Å². The first-order chi connectivity index (χ1) is 10.7. The van der Waals surface area contributed by atoms with Gasteiger partial charge in [0, 0.05) is 13.8 Å². The quantitative estimate of drug-likeness (QED) is 0.524. The van der Waals surface area contributed by atoms with Crippen LogP contribution in [0.2, 0.25) is 0 Å². The number of ether oxygens (including phenoxy) is 4. The predicted molar refractivity (Wildman–Crippen MR) is 93.8 cm³/mol. The molecule has 0 aliphatic carbocycles. The molecule has 7 nitrogen and oxygen atoms in total. The van der Waals surface area contributed by atoms with Crippen LogP contribution in [0.15, 0.2) is 0 Å². The lowest BCUT2D eigenvalue weighted by atomic mass is 10.2. The van der Waals surface area contributed by atoms with Gasteiger partial charge in [-0.2, -0.15) is 0 Å². The highest BCUT2D eigenvalue weighted by Crippen LogP contribution is 1.99. The average Bonchev–Trinajstić information content (AvgIpc) is 2.39. The molecule has 0 saturated carbocycles. The highest BCUT2D eigenvalue weighted by Gasteiger charge is 2.01. The first kappa shape index (κ1) is 30.1. The second-order valence-electron chi connectivity index (χ2n) is 4.25. The summed E-state index contributed by atoms with van der Waals surface area (Å²) in [6, 6.07) is 0. The topological polar surface area (TPSA) is 88.1 Å².